The van der Waals surface area contributed by atoms with Crippen LogP contribution < -0.4 is 15.4 Å². The number of nitrogens with one attached hydrogen (secondary N) is 2. The molecule has 0 amide bonds. The molecule has 9 heteroatoms. The van der Waals surface area contributed by atoms with Crippen LogP contribution in [0.4, 0.5) is 13.2 Å². The van der Waals surface area contributed by atoms with Gasteiger partial charge in [0.2, 0.25) is 0 Å². The number of alkyl halides is 3. The summed E-state index contributed by atoms with van der Waals surface area (Å²) in [6.45, 7) is 1.71. The molecule has 1 saturated heterocycles. The van der Waals surface area contributed by atoms with Gasteiger partial charge in [0.05, 0.1) is 12.7 Å². The van der Waals surface area contributed by atoms with Crippen LogP contribution in [0.2, 0.25) is 0 Å². The zero-order chi connectivity index (χ0) is 20.2. The topological polar surface area (TPSA) is 64.1 Å². The van der Waals surface area contributed by atoms with Gasteiger partial charge >= 0.3 is 6.18 Å². The summed E-state index contributed by atoms with van der Waals surface area (Å²) in [4.78, 5) is 4.11. The molecule has 28 heavy (non-hydrogen) atoms. The quantitative estimate of drug-likeness (QED) is 0.357. The minimum absolute atomic E-state index is 0.199. The number of benzene rings is 1. The van der Waals surface area contributed by atoms with Crippen LogP contribution in [0.15, 0.2) is 29.3 Å². The smallest absolute Gasteiger partial charge is 0.422 e. The first-order valence-electron chi connectivity index (χ1n) is 9.39. The van der Waals surface area contributed by atoms with Crippen molar-refractivity contribution in [2.45, 2.75) is 38.1 Å². The van der Waals surface area contributed by atoms with Gasteiger partial charge in [0.15, 0.2) is 12.6 Å². The largest absolute Gasteiger partial charge is 0.484 e. The van der Waals surface area contributed by atoms with Gasteiger partial charge in [-0.1, -0.05) is 18.2 Å². The predicted octanol–water partition coefficient (Wildman–Crippen LogP) is 2.88. The standard InChI is InChI=1S/C19H28F3N3O3/c1-23-18(24-9-5-10-26-13-16-7-4-11-27-16)25-12-15-6-2-3-8-17(15)28-14-19(20,21)22/h2-3,6,8,16H,4-5,7,9-14H2,1H3,(H2,23,24,25). The Balaban J connectivity index is 1.66. The van der Waals surface area contributed by atoms with Gasteiger partial charge < -0.3 is 24.8 Å². The van der Waals surface area contributed by atoms with E-state index in [-0.39, 0.29) is 11.9 Å². The molecule has 1 heterocycles. The van der Waals surface area contributed by atoms with Crippen molar-refractivity contribution < 1.29 is 27.4 Å². The fraction of sp³-hybridized carbons (Fsp3) is 0.632. The molecule has 0 aromatic heterocycles. The van der Waals surface area contributed by atoms with Gasteiger partial charge in [0.25, 0.3) is 0 Å². The number of halogens is 3. The van der Waals surface area contributed by atoms with Crippen LogP contribution in [0.25, 0.3) is 0 Å². The normalized spacial score (nSPS) is 17.6. The number of nitrogens with zero attached hydrogens (tertiary/aromatic N) is 1. The Hall–Kier alpha value is -2.00. The van der Waals surface area contributed by atoms with Crippen molar-refractivity contribution in [3.63, 3.8) is 0 Å². The van der Waals surface area contributed by atoms with Crippen LogP contribution in [0, 0.1) is 0 Å². The molecule has 158 valence electrons. The number of ether oxygens (including phenoxy) is 3. The zero-order valence-corrected chi connectivity index (χ0v) is 16.1. The number of aliphatic imine (C=N–C) groups is 1. The molecular formula is C19H28F3N3O3. The minimum Gasteiger partial charge on any atom is -0.484 e. The molecule has 1 unspecified atom stereocenters. The lowest BCUT2D eigenvalue weighted by Crippen LogP contribution is -2.37. The number of rotatable bonds is 10. The maximum absolute atomic E-state index is 12.4. The maximum atomic E-state index is 12.4. The van der Waals surface area contributed by atoms with Crippen molar-refractivity contribution >= 4 is 5.96 Å². The summed E-state index contributed by atoms with van der Waals surface area (Å²) in [5.74, 6) is 0.759. The first kappa shape index (κ1) is 22.3. The van der Waals surface area contributed by atoms with E-state index in [0.29, 0.717) is 37.8 Å². The number of hydrogen-bond donors (Lipinski definition) is 2. The second-order valence-electron chi connectivity index (χ2n) is 6.43. The van der Waals surface area contributed by atoms with E-state index >= 15 is 0 Å². The van der Waals surface area contributed by atoms with E-state index in [4.69, 9.17) is 14.2 Å². The van der Waals surface area contributed by atoms with Crippen LogP contribution in [0.1, 0.15) is 24.8 Å². The molecule has 1 fully saturated rings. The highest BCUT2D eigenvalue weighted by molar-refractivity contribution is 5.79. The van der Waals surface area contributed by atoms with Gasteiger partial charge in [-0.25, -0.2) is 0 Å². The predicted molar refractivity (Wildman–Crippen MR) is 101 cm³/mol. The summed E-state index contributed by atoms with van der Waals surface area (Å²) in [7, 11) is 1.63. The monoisotopic (exact) mass is 403 g/mol. The van der Waals surface area contributed by atoms with Crippen molar-refractivity contribution in [2.24, 2.45) is 4.99 Å². The number of guanidine groups is 1. The molecule has 1 aromatic rings. The Morgan fingerprint density at radius 2 is 2.11 bits per heavy atom. The molecule has 1 aliphatic rings. The second kappa shape index (κ2) is 11.8. The Labute approximate surface area is 163 Å². The first-order chi connectivity index (χ1) is 13.5. The number of para-hydroxylation sites is 1. The van der Waals surface area contributed by atoms with Crippen molar-refractivity contribution in [3.05, 3.63) is 29.8 Å². The summed E-state index contributed by atoms with van der Waals surface area (Å²) in [6.07, 6.45) is -1.18. The summed E-state index contributed by atoms with van der Waals surface area (Å²) in [6, 6.07) is 6.62. The summed E-state index contributed by atoms with van der Waals surface area (Å²) in [5.41, 5.74) is 0.620. The van der Waals surface area contributed by atoms with E-state index in [2.05, 4.69) is 15.6 Å². The van der Waals surface area contributed by atoms with Crippen LogP contribution >= 0.6 is 0 Å². The highest BCUT2D eigenvalue weighted by Crippen LogP contribution is 2.22. The van der Waals surface area contributed by atoms with Crippen molar-refractivity contribution in [2.75, 3.05) is 40.0 Å². The fourth-order valence-electron chi connectivity index (χ4n) is 2.72. The third-order valence-electron chi connectivity index (χ3n) is 4.12. The second-order valence-corrected chi connectivity index (χ2v) is 6.43. The molecule has 6 nitrogen and oxygen atoms in total. The van der Waals surface area contributed by atoms with Gasteiger partial charge in [-0.15, -0.1) is 0 Å². The summed E-state index contributed by atoms with van der Waals surface area (Å²) < 4.78 is 53.1. The van der Waals surface area contributed by atoms with E-state index in [0.717, 1.165) is 25.9 Å². The van der Waals surface area contributed by atoms with Crippen LogP contribution in [-0.4, -0.2) is 58.3 Å². The van der Waals surface area contributed by atoms with Crippen LogP contribution in [-0.2, 0) is 16.0 Å². The highest BCUT2D eigenvalue weighted by Gasteiger charge is 2.28. The van der Waals surface area contributed by atoms with Crippen molar-refractivity contribution in [3.8, 4) is 5.75 Å². The van der Waals surface area contributed by atoms with Gasteiger partial charge in [-0.2, -0.15) is 13.2 Å². The van der Waals surface area contributed by atoms with Gasteiger partial charge in [-0.05, 0) is 25.3 Å². The van der Waals surface area contributed by atoms with Gasteiger partial charge in [0, 0.05) is 38.9 Å². The summed E-state index contributed by atoms with van der Waals surface area (Å²) >= 11 is 0. The average molecular weight is 403 g/mol. The molecule has 0 spiro atoms. The Morgan fingerprint density at radius 1 is 1.29 bits per heavy atom. The third kappa shape index (κ3) is 8.79. The van der Waals surface area contributed by atoms with Crippen molar-refractivity contribution in [1.82, 2.24) is 10.6 Å². The van der Waals surface area contributed by atoms with E-state index < -0.39 is 12.8 Å². The SMILES string of the molecule is CN=C(NCCCOCC1CCCO1)NCc1ccccc1OCC(F)(F)F. The van der Waals surface area contributed by atoms with E-state index in [9.17, 15) is 13.2 Å². The average Bonchev–Trinajstić information content (AvgIpc) is 3.18. The zero-order valence-electron chi connectivity index (χ0n) is 16.1. The van der Waals surface area contributed by atoms with E-state index in [1.807, 2.05) is 0 Å². The number of hydrogen-bond acceptors (Lipinski definition) is 4. The Kier molecular flexibility index (Phi) is 9.36. The minimum atomic E-state index is -4.37. The molecule has 0 radical (unpaired) electrons. The molecule has 2 N–H and O–H groups in total. The molecule has 1 atom stereocenters. The van der Waals surface area contributed by atoms with Crippen LogP contribution in [0.3, 0.4) is 0 Å². The van der Waals surface area contributed by atoms with Crippen molar-refractivity contribution in [1.29, 1.82) is 0 Å². The fourth-order valence-corrected chi connectivity index (χ4v) is 2.72. The lowest BCUT2D eigenvalue weighted by molar-refractivity contribution is -0.153. The van der Waals surface area contributed by atoms with Crippen LogP contribution in [0.5, 0.6) is 5.75 Å². The first-order valence-corrected chi connectivity index (χ1v) is 9.39. The molecule has 0 bridgehead atoms. The highest BCUT2D eigenvalue weighted by atomic mass is 19.4. The molecule has 1 aliphatic heterocycles. The molecule has 2 rings (SSSR count). The Bertz CT molecular complexity index is 606. The maximum Gasteiger partial charge on any atom is 0.422 e. The van der Waals surface area contributed by atoms with E-state index in [1.54, 1.807) is 25.2 Å². The molecule has 0 saturated carbocycles. The lowest BCUT2D eigenvalue weighted by Gasteiger charge is -2.15. The molecule has 0 aliphatic carbocycles. The third-order valence-corrected chi connectivity index (χ3v) is 4.12. The van der Waals surface area contributed by atoms with Gasteiger partial charge in [-0.3, -0.25) is 4.99 Å². The summed E-state index contributed by atoms with van der Waals surface area (Å²) in [5, 5.41) is 6.23. The Morgan fingerprint density at radius 3 is 2.82 bits per heavy atom. The molecular weight excluding hydrogens is 375 g/mol. The lowest BCUT2D eigenvalue weighted by atomic mass is 10.2. The van der Waals surface area contributed by atoms with Gasteiger partial charge in [0.1, 0.15) is 5.75 Å². The van der Waals surface area contributed by atoms with E-state index in [1.165, 1.54) is 6.07 Å². The molecule has 1 aromatic carbocycles.